The maximum Gasteiger partial charge on any atom is 0.255 e. The van der Waals surface area contributed by atoms with E-state index < -0.39 is 0 Å². The molecule has 1 N–H and O–H groups in total. The Kier molecular flexibility index (Phi) is 6.70. The van der Waals surface area contributed by atoms with Crippen molar-refractivity contribution in [1.82, 2.24) is 15.1 Å². The summed E-state index contributed by atoms with van der Waals surface area (Å²) in [5, 5.41) is 7.67. The van der Waals surface area contributed by atoms with Crippen molar-refractivity contribution < 1.29 is 4.79 Å². The van der Waals surface area contributed by atoms with Crippen LogP contribution >= 0.6 is 0 Å². The highest BCUT2D eigenvalue weighted by molar-refractivity contribution is 5.96. The Morgan fingerprint density at radius 2 is 1.72 bits per heavy atom. The number of nitrogens with one attached hydrogen (secondary N) is 1. The van der Waals surface area contributed by atoms with Crippen molar-refractivity contribution in [3.05, 3.63) is 82.7 Å². The first-order chi connectivity index (χ1) is 14.0. The van der Waals surface area contributed by atoms with Crippen LogP contribution in [0.3, 0.4) is 0 Å². The summed E-state index contributed by atoms with van der Waals surface area (Å²) >= 11 is 0. The van der Waals surface area contributed by atoms with Crippen LogP contribution in [-0.4, -0.2) is 35.3 Å². The normalized spacial score (nSPS) is 10.8. The molecule has 3 aromatic rings. The second kappa shape index (κ2) is 9.41. The first kappa shape index (κ1) is 20.6. The fourth-order valence-electron chi connectivity index (χ4n) is 3.70. The van der Waals surface area contributed by atoms with Crippen LogP contribution in [0.4, 0.5) is 5.69 Å². The molecule has 0 fully saturated rings. The van der Waals surface area contributed by atoms with Gasteiger partial charge in [0.05, 0.1) is 17.8 Å². The van der Waals surface area contributed by atoms with E-state index in [1.54, 1.807) is 0 Å². The predicted molar refractivity (Wildman–Crippen MR) is 119 cm³/mol. The van der Waals surface area contributed by atoms with Crippen LogP contribution in [0.25, 0.3) is 0 Å². The Labute approximate surface area is 173 Å². The number of anilines is 1. The summed E-state index contributed by atoms with van der Waals surface area (Å²) < 4.78 is 1.91. The van der Waals surface area contributed by atoms with Gasteiger partial charge in [0.2, 0.25) is 0 Å². The number of aromatic nitrogens is 2. The molecule has 0 aliphatic rings. The van der Waals surface area contributed by atoms with Crippen LogP contribution in [0.5, 0.6) is 0 Å². The van der Waals surface area contributed by atoms with Gasteiger partial charge in [0.1, 0.15) is 0 Å². The third kappa shape index (κ3) is 4.86. The fourth-order valence-corrected chi connectivity index (χ4v) is 3.70. The largest absolute Gasteiger partial charge is 0.370 e. The maximum atomic E-state index is 12.8. The minimum atomic E-state index is -0.0554. The molecule has 0 radical (unpaired) electrons. The lowest BCUT2D eigenvalue weighted by molar-refractivity contribution is 0.0953. The molecular weight excluding hydrogens is 360 g/mol. The van der Waals surface area contributed by atoms with Crippen molar-refractivity contribution in [2.75, 3.05) is 24.5 Å². The van der Waals surface area contributed by atoms with Crippen molar-refractivity contribution in [1.29, 1.82) is 0 Å². The Morgan fingerprint density at radius 1 is 1.03 bits per heavy atom. The van der Waals surface area contributed by atoms with Crippen molar-refractivity contribution in [2.24, 2.45) is 0 Å². The zero-order chi connectivity index (χ0) is 20.8. The van der Waals surface area contributed by atoms with Gasteiger partial charge in [-0.05, 0) is 44.9 Å². The summed E-state index contributed by atoms with van der Waals surface area (Å²) in [6.07, 6.45) is 0. The summed E-state index contributed by atoms with van der Waals surface area (Å²) in [6, 6.07) is 18.5. The highest BCUT2D eigenvalue weighted by Crippen LogP contribution is 2.19. The third-order valence-corrected chi connectivity index (χ3v) is 5.29. The van der Waals surface area contributed by atoms with Crippen molar-refractivity contribution in [3.8, 4) is 0 Å². The lowest BCUT2D eigenvalue weighted by Gasteiger charge is -2.25. The highest BCUT2D eigenvalue weighted by Gasteiger charge is 2.18. The Hall–Kier alpha value is -3.08. The minimum absolute atomic E-state index is 0.0554. The third-order valence-electron chi connectivity index (χ3n) is 5.29. The number of hydrogen-bond donors (Lipinski definition) is 1. The summed E-state index contributed by atoms with van der Waals surface area (Å²) in [6.45, 7) is 11.0. The molecule has 0 saturated carbocycles. The zero-order valence-electron chi connectivity index (χ0n) is 17.8. The Morgan fingerprint density at radius 3 is 2.41 bits per heavy atom. The van der Waals surface area contributed by atoms with Crippen LogP contribution < -0.4 is 10.2 Å². The molecule has 0 bridgehead atoms. The number of amides is 1. The second-order valence-electron chi connectivity index (χ2n) is 7.31. The summed E-state index contributed by atoms with van der Waals surface area (Å²) in [4.78, 5) is 15.1. The molecular formula is C24H30N4O. The number of benzene rings is 2. The quantitative estimate of drug-likeness (QED) is 0.630. The van der Waals surface area contributed by atoms with E-state index in [1.807, 2.05) is 42.8 Å². The van der Waals surface area contributed by atoms with Crippen LogP contribution in [-0.2, 0) is 6.54 Å². The number of para-hydroxylation sites is 1. The zero-order valence-corrected chi connectivity index (χ0v) is 17.8. The lowest BCUT2D eigenvalue weighted by atomic mass is 10.1. The Bertz CT molecular complexity index is 962. The van der Waals surface area contributed by atoms with Crippen molar-refractivity contribution >= 4 is 11.6 Å². The maximum absolute atomic E-state index is 12.8. The van der Waals surface area contributed by atoms with E-state index in [1.165, 1.54) is 16.8 Å². The first-order valence-corrected chi connectivity index (χ1v) is 10.2. The molecule has 0 unspecified atom stereocenters. The number of carbonyl (C=O) groups excluding carboxylic acids is 1. The van der Waals surface area contributed by atoms with E-state index in [9.17, 15) is 4.79 Å². The number of nitrogens with zero attached hydrogens (tertiary/aromatic N) is 3. The number of rotatable bonds is 8. The molecule has 3 rings (SSSR count). The van der Waals surface area contributed by atoms with Gasteiger partial charge in [-0.1, -0.05) is 48.5 Å². The van der Waals surface area contributed by atoms with Gasteiger partial charge >= 0.3 is 0 Å². The van der Waals surface area contributed by atoms with Gasteiger partial charge in [-0.3, -0.25) is 9.48 Å². The van der Waals surface area contributed by atoms with Gasteiger partial charge < -0.3 is 10.2 Å². The minimum Gasteiger partial charge on any atom is -0.370 e. The number of hydrogen-bond acceptors (Lipinski definition) is 3. The average Bonchev–Trinajstić information content (AvgIpc) is 3.00. The van der Waals surface area contributed by atoms with E-state index in [4.69, 9.17) is 0 Å². The summed E-state index contributed by atoms with van der Waals surface area (Å²) in [7, 11) is 0. The average molecular weight is 391 g/mol. The van der Waals surface area contributed by atoms with E-state index in [2.05, 4.69) is 59.5 Å². The predicted octanol–water partition coefficient (Wildman–Crippen LogP) is 4.11. The highest BCUT2D eigenvalue weighted by atomic mass is 16.1. The topological polar surface area (TPSA) is 50.2 Å². The van der Waals surface area contributed by atoms with Crippen LogP contribution in [0.2, 0.25) is 0 Å². The molecule has 0 saturated heterocycles. The lowest BCUT2D eigenvalue weighted by Crippen LogP contribution is -2.35. The molecule has 1 aromatic heterocycles. The SMILES string of the molecule is CCN(CCNC(=O)c1c(C)nn(Cc2ccccc2)c1C)c1ccccc1C. The number of likely N-dealkylation sites (N-methyl/N-ethyl adjacent to an activating group) is 1. The molecule has 5 heteroatoms. The first-order valence-electron chi connectivity index (χ1n) is 10.2. The molecule has 29 heavy (non-hydrogen) atoms. The van der Waals surface area contributed by atoms with Gasteiger partial charge in [0.15, 0.2) is 0 Å². The second-order valence-corrected chi connectivity index (χ2v) is 7.31. The molecule has 1 heterocycles. The summed E-state index contributed by atoms with van der Waals surface area (Å²) in [5.41, 5.74) is 5.97. The molecule has 0 aliphatic carbocycles. The molecule has 0 atom stereocenters. The van der Waals surface area contributed by atoms with E-state index in [0.717, 1.165) is 24.5 Å². The smallest absolute Gasteiger partial charge is 0.255 e. The molecule has 0 aliphatic heterocycles. The van der Waals surface area contributed by atoms with Gasteiger partial charge in [-0.15, -0.1) is 0 Å². The van der Waals surface area contributed by atoms with Crippen LogP contribution in [0.15, 0.2) is 54.6 Å². The molecule has 0 spiro atoms. The number of carbonyl (C=O) groups is 1. The monoisotopic (exact) mass is 390 g/mol. The van der Waals surface area contributed by atoms with Gasteiger partial charge in [0.25, 0.3) is 5.91 Å². The molecule has 1 amide bonds. The molecule has 2 aromatic carbocycles. The van der Waals surface area contributed by atoms with Crippen molar-refractivity contribution in [3.63, 3.8) is 0 Å². The molecule has 152 valence electrons. The van der Waals surface area contributed by atoms with Gasteiger partial charge in [-0.2, -0.15) is 5.10 Å². The standard InChI is InChI=1S/C24H30N4O/c1-5-27(22-14-10-9-11-18(22)2)16-15-25-24(29)23-19(3)26-28(20(23)4)17-21-12-7-6-8-13-21/h6-14H,5,15-17H2,1-4H3,(H,25,29). The molecule has 5 nitrogen and oxygen atoms in total. The van der Waals surface area contributed by atoms with Crippen LogP contribution in [0, 0.1) is 20.8 Å². The van der Waals surface area contributed by atoms with E-state index in [-0.39, 0.29) is 5.91 Å². The fraction of sp³-hybridized carbons (Fsp3) is 0.333. The summed E-state index contributed by atoms with van der Waals surface area (Å²) in [5.74, 6) is -0.0554. The van der Waals surface area contributed by atoms with Gasteiger partial charge in [-0.25, -0.2) is 0 Å². The Balaban J connectivity index is 1.64. The number of aryl methyl sites for hydroxylation is 2. The van der Waals surface area contributed by atoms with Crippen LogP contribution in [0.1, 0.15) is 39.8 Å². The van der Waals surface area contributed by atoms with E-state index >= 15 is 0 Å². The van der Waals surface area contributed by atoms with Crippen molar-refractivity contribution in [2.45, 2.75) is 34.2 Å². The van der Waals surface area contributed by atoms with E-state index in [0.29, 0.717) is 18.7 Å². The van der Waals surface area contributed by atoms with Gasteiger partial charge in [0, 0.05) is 31.0 Å².